The molecule has 1 aromatic heterocycles. The molecule has 0 radical (unpaired) electrons. The van der Waals surface area contributed by atoms with Crippen molar-refractivity contribution in [1.82, 2.24) is 4.98 Å². The van der Waals surface area contributed by atoms with E-state index in [4.69, 9.17) is 17.3 Å². The van der Waals surface area contributed by atoms with E-state index in [0.717, 1.165) is 12.3 Å². The first-order valence-corrected chi connectivity index (χ1v) is 4.71. The van der Waals surface area contributed by atoms with Crippen LogP contribution in [0.5, 0.6) is 0 Å². The minimum absolute atomic E-state index is 0.0740. The smallest absolute Gasteiger partial charge is 0.295 e. The third-order valence-electron chi connectivity index (χ3n) is 1.95. The lowest BCUT2D eigenvalue weighted by atomic mass is 10.1. The van der Waals surface area contributed by atoms with Crippen molar-refractivity contribution in [2.45, 2.75) is 12.2 Å². The molecule has 1 heterocycles. The quantitative estimate of drug-likeness (QED) is 0.508. The van der Waals surface area contributed by atoms with E-state index in [0.29, 0.717) is 0 Å². The number of hydrogen-bond acceptors (Lipinski definition) is 6. The fourth-order valence-electron chi connectivity index (χ4n) is 1.12. The van der Waals surface area contributed by atoms with Crippen LogP contribution in [0.1, 0.15) is 11.8 Å². The summed E-state index contributed by atoms with van der Waals surface area (Å²) in [7, 11) is 0. The van der Waals surface area contributed by atoms with Crippen LogP contribution in [0.4, 0.5) is 5.69 Å². The highest BCUT2D eigenvalue weighted by atomic mass is 35.5. The zero-order chi connectivity index (χ0) is 12.3. The van der Waals surface area contributed by atoms with Crippen molar-refractivity contribution in [2.24, 2.45) is 5.73 Å². The number of halogens is 1. The molecule has 0 spiro atoms. The van der Waals surface area contributed by atoms with Crippen LogP contribution in [-0.4, -0.2) is 32.8 Å². The number of rotatable bonds is 4. The molecule has 16 heavy (non-hydrogen) atoms. The van der Waals surface area contributed by atoms with Crippen molar-refractivity contribution in [3.8, 4) is 0 Å². The van der Waals surface area contributed by atoms with E-state index in [1.165, 1.54) is 0 Å². The molecule has 0 aliphatic heterocycles. The van der Waals surface area contributed by atoms with Crippen molar-refractivity contribution < 1.29 is 15.1 Å². The SMILES string of the molecule is NCC(O)C(O)c1ncc(Cl)cc1[N+](=O)[O-]. The van der Waals surface area contributed by atoms with E-state index >= 15 is 0 Å². The molecular formula is C8H10ClN3O4. The van der Waals surface area contributed by atoms with Gasteiger partial charge in [0, 0.05) is 18.8 Å². The van der Waals surface area contributed by atoms with E-state index in [1.807, 2.05) is 0 Å². The predicted octanol–water partition coefficient (Wildman–Crippen LogP) is -0.00380. The van der Waals surface area contributed by atoms with Crippen molar-refractivity contribution in [2.75, 3.05) is 6.54 Å². The number of hydrogen-bond donors (Lipinski definition) is 3. The summed E-state index contributed by atoms with van der Waals surface area (Å²) in [6, 6.07) is 1.05. The first kappa shape index (κ1) is 12.8. The van der Waals surface area contributed by atoms with Gasteiger partial charge in [0.15, 0.2) is 0 Å². The van der Waals surface area contributed by atoms with Crippen LogP contribution in [0.15, 0.2) is 12.3 Å². The van der Waals surface area contributed by atoms with Gasteiger partial charge in [0.2, 0.25) is 0 Å². The lowest BCUT2D eigenvalue weighted by Gasteiger charge is -2.15. The van der Waals surface area contributed by atoms with Gasteiger partial charge in [-0.25, -0.2) is 4.98 Å². The number of nitrogens with two attached hydrogens (primary N) is 1. The van der Waals surface area contributed by atoms with Gasteiger partial charge in [0.05, 0.1) is 16.0 Å². The maximum absolute atomic E-state index is 10.7. The van der Waals surface area contributed by atoms with Crippen LogP contribution in [0.25, 0.3) is 0 Å². The molecule has 0 saturated carbocycles. The van der Waals surface area contributed by atoms with Crippen molar-refractivity contribution in [3.05, 3.63) is 33.1 Å². The van der Waals surface area contributed by atoms with E-state index in [2.05, 4.69) is 4.98 Å². The summed E-state index contributed by atoms with van der Waals surface area (Å²) in [5.41, 5.74) is 4.42. The molecule has 2 unspecified atom stereocenters. The molecular weight excluding hydrogens is 238 g/mol. The van der Waals surface area contributed by atoms with Gasteiger partial charge in [-0.2, -0.15) is 0 Å². The van der Waals surface area contributed by atoms with Crippen LogP contribution in [0, 0.1) is 10.1 Å². The van der Waals surface area contributed by atoms with Gasteiger partial charge in [0.25, 0.3) is 5.69 Å². The van der Waals surface area contributed by atoms with Gasteiger partial charge in [-0.15, -0.1) is 0 Å². The monoisotopic (exact) mass is 247 g/mol. The largest absolute Gasteiger partial charge is 0.389 e. The summed E-state index contributed by atoms with van der Waals surface area (Å²) in [6.07, 6.45) is -1.67. The first-order valence-electron chi connectivity index (χ1n) is 4.33. The fourth-order valence-corrected chi connectivity index (χ4v) is 1.28. The Labute approximate surface area is 95.6 Å². The molecule has 4 N–H and O–H groups in total. The minimum Gasteiger partial charge on any atom is -0.389 e. The van der Waals surface area contributed by atoms with Gasteiger partial charge >= 0.3 is 0 Å². The Bertz CT molecular complexity index is 401. The molecule has 0 fully saturated rings. The lowest BCUT2D eigenvalue weighted by molar-refractivity contribution is -0.386. The molecule has 8 heteroatoms. The molecule has 7 nitrogen and oxygen atoms in total. The second-order valence-corrected chi connectivity index (χ2v) is 3.50. The average Bonchev–Trinajstić information content (AvgIpc) is 2.26. The summed E-state index contributed by atoms with van der Waals surface area (Å²) in [6.45, 7) is -0.234. The Morgan fingerprint density at radius 3 is 2.75 bits per heavy atom. The second-order valence-electron chi connectivity index (χ2n) is 3.06. The Kier molecular flexibility index (Phi) is 4.13. The number of aromatic nitrogens is 1. The zero-order valence-corrected chi connectivity index (χ0v) is 8.83. The van der Waals surface area contributed by atoms with Crippen LogP contribution in [0.3, 0.4) is 0 Å². The van der Waals surface area contributed by atoms with Gasteiger partial charge in [-0.3, -0.25) is 10.1 Å². The number of nitrogens with zero attached hydrogens (tertiary/aromatic N) is 2. The first-order chi connectivity index (χ1) is 7.47. The summed E-state index contributed by atoms with van der Waals surface area (Å²) in [4.78, 5) is 13.6. The summed E-state index contributed by atoms with van der Waals surface area (Å²) < 4.78 is 0. The highest BCUT2D eigenvalue weighted by Crippen LogP contribution is 2.27. The predicted molar refractivity (Wildman–Crippen MR) is 55.9 cm³/mol. The fraction of sp³-hybridized carbons (Fsp3) is 0.375. The Hall–Kier alpha value is -1.28. The average molecular weight is 248 g/mol. The van der Waals surface area contributed by atoms with Crippen LogP contribution >= 0.6 is 11.6 Å². The zero-order valence-electron chi connectivity index (χ0n) is 8.08. The molecule has 1 rings (SSSR count). The molecule has 0 saturated heterocycles. The minimum atomic E-state index is -1.51. The van der Waals surface area contributed by atoms with Gasteiger partial charge < -0.3 is 15.9 Å². The van der Waals surface area contributed by atoms with Crippen LogP contribution in [0.2, 0.25) is 5.02 Å². The Morgan fingerprint density at radius 2 is 2.25 bits per heavy atom. The third kappa shape index (κ3) is 2.64. The third-order valence-corrected chi connectivity index (χ3v) is 2.15. The maximum Gasteiger partial charge on any atom is 0.295 e. The highest BCUT2D eigenvalue weighted by Gasteiger charge is 2.27. The van der Waals surface area contributed by atoms with E-state index in [9.17, 15) is 20.3 Å². The Morgan fingerprint density at radius 1 is 1.62 bits per heavy atom. The second kappa shape index (κ2) is 5.17. The topological polar surface area (TPSA) is 123 Å². The Balaban J connectivity index is 3.17. The molecule has 2 atom stereocenters. The molecule has 0 bridgehead atoms. The molecule has 1 aromatic rings. The standard InChI is InChI=1S/C8H10ClN3O4/c9-4-1-5(12(15)16)7(11-3-4)8(14)6(13)2-10/h1,3,6,8,13-14H,2,10H2. The van der Waals surface area contributed by atoms with Gasteiger partial charge in [-0.05, 0) is 0 Å². The normalized spacial score (nSPS) is 14.5. The van der Waals surface area contributed by atoms with Crippen molar-refractivity contribution in [1.29, 1.82) is 0 Å². The van der Waals surface area contributed by atoms with Gasteiger partial charge in [-0.1, -0.05) is 11.6 Å². The molecule has 0 aliphatic carbocycles. The highest BCUT2D eigenvalue weighted by molar-refractivity contribution is 6.30. The number of aliphatic hydroxyl groups excluding tert-OH is 2. The van der Waals surface area contributed by atoms with E-state index in [-0.39, 0.29) is 17.3 Å². The molecule has 88 valence electrons. The van der Waals surface area contributed by atoms with Gasteiger partial charge in [0.1, 0.15) is 11.8 Å². The van der Waals surface area contributed by atoms with Crippen LogP contribution < -0.4 is 5.73 Å². The van der Waals surface area contributed by atoms with E-state index in [1.54, 1.807) is 0 Å². The maximum atomic E-state index is 10.7. The lowest BCUT2D eigenvalue weighted by Crippen LogP contribution is -2.28. The molecule has 0 amide bonds. The summed E-state index contributed by atoms with van der Waals surface area (Å²) >= 11 is 5.54. The van der Waals surface area contributed by atoms with E-state index < -0.39 is 22.8 Å². The van der Waals surface area contributed by atoms with Crippen molar-refractivity contribution >= 4 is 17.3 Å². The summed E-state index contributed by atoms with van der Waals surface area (Å²) in [5.74, 6) is 0. The molecule has 0 aliphatic rings. The number of nitro groups is 1. The number of aliphatic hydroxyl groups is 2. The van der Waals surface area contributed by atoms with Crippen molar-refractivity contribution in [3.63, 3.8) is 0 Å². The molecule has 0 aromatic carbocycles. The number of pyridine rings is 1. The van der Waals surface area contributed by atoms with Crippen LogP contribution in [-0.2, 0) is 0 Å². The summed E-state index contributed by atoms with van der Waals surface area (Å²) in [5, 5.41) is 29.6.